The van der Waals surface area contributed by atoms with Crippen LogP contribution in [0.1, 0.15) is 69.2 Å². The standard InChI is InChI=1S/C21H34N2O4S/c1-5-23(6-2)28(25,26)20-16-17(14-15-19(20)27-4)21(24)22(3)18-12-10-8-7-9-11-13-18/h14-16,18H,5-13H2,1-4H3. The van der Waals surface area contributed by atoms with Gasteiger partial charge in [-0.1, -0.05) is 46.0 Å². The predicted octanol–water partition coefficient (Wildman–Crippen LogP) is 3.91. The number of hydrogen-bond acceptors (Lipinski definition) is 4. The molecule has 6 nitrogen and oxygen atoms in total. The first-order valence-electron chi connectivity index (χ1n) is 10.3. The molecule has 1 aliphatic carbocycles. The molecule has 1 aliphatic rings. The zero-order valence-corrected chi connectivity index (χ0v) is 18.4. The minimum atomic E-state index is -3.72. The normalized spacial score (nSPS) is 16.5. The van der Waals surface area contributed by atoms with Crippen molar-refractivity contribution in [2.75, 3.05) is 27.2 Å². The molecule has 1 amide bonds. The van der Waals surface area contributed by atoms with Gasteiger partial charge >= 0.3 is 0 Å². The molecular weight excluding hydrogens is 376 g/mol. The quantitative estimate of drug-likeness (QED) is 0.683. The number of rotatable bonds is 7. The Labute approximate surface area is 169 Å². The van der Waals surface area contributed by atoms with E-state index in [-0.39, 0.29) is 22.6 Å². The number of carbonyl (C=O) groups is 1. The summed E-state index contributed by atoms with van der Waals surface area (Å²) in [6.45, 7) is 4.32. The van der Waals surface area contributed by atoms with Crippen molar-refractivity contribution in [1.29, 1.82) is 0 Å². The van der Waals surface area contributed by atoms with Gasteiger partial charge in [-0.05, 0) is 31.0 Å². The van der Waals surface area contributed by atoms with E-state index in [1.807, 2.05) is 7.05 Å². The summed E-state index contributed by atoms with van der Waals surface area (Å²) in [5.41, 5.74) is 0.385. The van der Waals surface area contributed by atoms with Gasteiger partial charge < -0.3 is 9.64 Å². The molecule has 0 saturated heterocycles. The van der Waals surface area contributed by atoms with E-state index in [9.17, 15) is 13.2 Å². The summed E-state index contributed by atoms with van der Waals surface area (Å²) in [6, 6.07) is 4.91. The molecule has 0 unspecified atom stereocenters. The van der Waals surface area contributed by atoms with Crippen LogP contribution in [-0.2, 0) is 10.0 Å². The Hall–Kier alpha value is -1.60. The van der Waals surface area contributed by atoms with Gasteiger partial charge in [0, 0.05) is 31.7 Å². The Morgan fingerprint density at radius 3 is 2.18 bits per heavy atom. The lowest BCUT2D eigenvalue weighted by Crippen LogP contribution is -2.37. The van der Waals surface area contributed by atoms with Crippen molar-refractivity contribution in [3.63, 3.8) is 0 Å². The highest BCUT2D eigenvalue weighted by atomic mass is 32.2. The van der Waals surface area contributed by atoms with E-state index in [0.29, 0.717) is 18.7 Å². The van der Waals surface area contributed by atoms with Crippen LogP contribution in [0.4, 0.5) is 0 Å². The van der Waals surface area contributed by atoms with Gasteiger partial charge in [0.05, 0.1) is 7.11 Å². The lowest BCUT2D eigenvalue weighted by Gasteiger charge is -2.30. The van der Waals surface area contributed by atoms with Crippen LogP contribution in [0.2, 0.25) is 0 Å². The van der Waals surface area contributed by atoms with Crippen LogP contribution in [0.15, 0.2) is 23.1 Å². The molecule has 0 radical (unpaired) electrons. The molecule has 1 saturated carbocycles. The van der Waals surface area contributed by atoms with E-state index in [1.165, 1.54) is 36.7 Å². The zero-order chi connectivity index (χ0) is 20.7. The molecule has 1 fully saturated rings. The summed E-state index contributed by atoms with van der Waals surface area (Å²) in [6.07, 6.45) is 7.97. The number of methoxy groups -OCH3 is 1. The molecule has 1 aromatic carbocycles. The Kier molecular flexibility index (Phi) is 8.31. The van der Waals surface area contributed by atoms with Crippen molar-refractivity contribution in [2.45, 2.75) is 69.7 Å². The second kappa shape index (κ2) is 10.3. The smallest absolute Gasteiger partial charge is 0.253 e. The number of nitrogens with zero attached hydrogens (tertiary/aromatic N) is 2. The molecule has 0 aromatic heterocycles. The SMILES string of the molecule is CCN(CC)S(=O)(=O)c1cc(C(=O)N(C)C2CCCCCCC2)ccc1OC. The molecule has 0 bridgehead atoms. The first-order valence-corrected chi connectivity index (χ1v) is 11.8. The minimum absolute atomic E-state index is 0.0515. The summed E-state index contributed by atoms with van der Waals surface area (Å²) in [7, 11) is -0.450. The highest BCUT2D eigenvalue weighted by Crippen LogP contribution is 2.29. The molecule has 0 spiro atoms. The van der Waals surface area contributed by atoms with Gasteiger partial charge in [0.15, 0.2) is 0 Å². The summed E-state index contributed by atoms with van der Waals surface area (Å²) < 4.78 is 32.7. The number of carbonyl (C=O) groups excluding carboxylic acids is 1. The first kappa shape index (κ1) is 22.7. The largest absolute Gasteiger partial charge is 0.495 e. The maximum Gasteiger partial charge on any atom is 0.253 e. The highest BCUT2D eigenvalue weighted by Gasteiger charge is 2.28. The van der Waals surface area contributed by atoms with Crippen LogP contribution >= 0.6 is 0 Å². The fourth-order valence-corrected chi connectivity index (χ4v) is 5.54. The monoisotopic (exact) mass is 410 g/mol. The third-order valence-electron chi connectivity index (χ3n) is 5.68. The number of ether oxygens (including phenoxy) is 1. The lowest BCUT2D eigenvalue weighted by molar-refractivity contribution is 0.0706. The third-order valence-corrected chi connectivity index (χ3v) is 7.75. The van der Waals surface area contributed by atoms with Crippen LogP contribution in [0.5, 0.6) is 5.75 Å². The minimum Gasteiger partial charge on any atom is -0.495 e. The molecule has 0 heterocycles. The molecule has 0 aliphatic heterocycles. The van der Waals surface area contributed by atoms with Gasteiger partial charge in [0.1, 0.15) is 10.6 Å². The van der Waals surface area contributed by atoms with Gasteiger partial charge in [-0.3, -0.25) is 4.79 Å². The fourth-order valence-electron chi connectivity index (χ4n) is 3.91. The molecule has 2 rings (SSSR count). The van der Waals surface area contributed by atoms with Crippen molar-refractivity contribution in [3.8, 4) is 5.75 Å². The second-order valence-electron chi connectivity index (χ2n) is 7.37. The zero-order valence-electron chi connectivity index (χ0n) is 17.6. The Bertz CT molecular complexity index is 752. The summed E-state index contributed by atoms with van der Waals surface area (Å²) in [5.74, 6) is 0.126. The van der Waals surface area contributed by atoms with Crippen molar-refractivity contribution < 1.29 is 17.9 Å². The predicted molar refractivity (Wildman–Crippen MR) is 111 cm³/mol. The van der Waals surface area contributed by atoms with E-state index in [2.05, 4.69) is 0 Å². The van der Waals surface area contributed by atoms with Gasteiger partial charge in [-0.25, -0.2) is 8.42 Å². The summed E-state index contributed by atoms with van der Waals surface area (Å²) in [4.78, 5) is 15.0. The summed E-state index contributed by atoms with van der Waals surface area (Å²) >= 11 is 0. The summed E-state index contributed by atoms with van der Waals surface area (Å²) in [5, 5.41) is 0. The lowest BCUT2D eigenvalue weighted by atomic mass is 9.95. The van der Waals surface area contributed by atoms with Crippen LogP contribution in [0.3, 0.4) is 0 Å². The molecule has 1 aromatic rings. The number of hydrogen-bond donors (Lipinski definition) is 0. The van der Waals surface area contributed by atoms with Crippen molar-refractivity contribution in [3.05, 3.63) is 23.8 Å². The van der Waals surface area contributed by atoms with Crippen molar-refractivity contribution in [2.24, 2.45) is 0 Å². The third kappa shape index (κ3) is 5.06. The van der Waals surface area contributed by atoms with Crippen LogP contribution in [-0.4, -0.2) is 56.8 Å². The van der Waals surface area contributed by atoms with E-state index in [0.717, 1.165) is 25.7 Å². The molecule has 158 valence electrons. The maximum absolute atomic E-state index is 13.1. The van der Waals surface area contributed by atoms with Crippen molar-refractivity contribution >= 4 is 15.9 Å². The van der Waals surface area contributed by atoms with Crippen LogP contribution < -0.4 is 4.74 Å². The Morgan fingerprint density at radius 1 is 1.07 bits per heavy atom. The molecule has 0 atom stereocenters. The van der Waals surface area contributed by atoms with E-state index in [1.54, 1.807) is 30.9 Å². The fraction of sp³-hybridized carbons (Fsp3) is 0.667. The number of amides is 1. The van der Waals surface area contributed by atoms with E-state index < -0.39 is 10.0 Å². The van der Waals surface area contributed by atoms with E-state index in [4.69, 9.17) is 4.74 Å². The molecule has 28 heavy (non-hydrogen) atoms. The Morgan fingerprint density at radius 2 is 1.64 bits per heavy atom. The molecule has 7 heteroatoms. The van der Waals surface area contributed by atoms with Crippen molar-refractivity contribution in [1.82, 2.24) is 9.21 Å². The van der Waals surface area contributed by atoms with Crippen LogP contribution in [0, 0.1) is 0 Å². The highest BCUT2D eigenvalue weighted by molar-refractivity contribution is 7.89. The van der Waals surface area contributed by atoms with Gasteiger partial charge in [-0.15, -0.1) is 0 Å². The van der Waals surface area contributed by atoms with E-state index >= 15 is 0 Å². The number of benzene rings is 1. The topological polar surface area (TPSA) is 66.9 Å². The molecule has 0 N–H and O–H groups in total. The number of sulfonamides is 1. The second-order valence-corrected chi connectivity index (χ2v) is 9.28. The average Bonchev–Trinajstić information content (AvgIpc) is 2.67. The van der Waals surface area contributed by atoms with Gasteiger partial charge in [0.2, 0.25) is 10.0 Å². The Balaban J connectivity index is 2.34. The van der Waals surface area contributed by atoms with Gasteiger partial charge in [0.25, 0.3) is 5.91 Å². The van der Waals surface area contributed by atoms with Crippen LogP contribution in [0.25, 0.3) is 0 Å². The van der Waals surface area contributed by atoms with Gasteiger partial charge in [-0.2, -0.15) is 4.31 Å². The molecular formula is C21H34N2O4S. The maximum atomic E-state index is 13.1. The first-order chi connectivity index (χ1) is 13.4. The average molecular weight is 411 g/mol.